The molecule has 1 fully saturated rings. The number of rotatable bonds is 3. The summed E-state index contributed by atoms with van der Waals surface area (Å²) in [5, 5.41) is 4.02. The first-order valence-corrected chi connectivity index (χ1v) is 7.52. The predicted octanol–water partition coefficient (Wildman–Crippen LogP) is 4.86. The van der Waals surface area contributed by atoms with Gasteiger partial charge in [-0.3, -0.25) is 0 Å². The van der Waals surface area contributed by atoms with Crippen LogP contribution in [0.25, 0.3) is 0 Å². The molecule has 4 heteroatoms. The van der Waals surface area contributed by atoms with Gasteiger partial charge in [-0.15, -0.1) is 0 Å². The second kappa shape index (κ2) is 5.51. The van der Waals surface area contributed by atoms with Gasteiger partial charge in [0, 0.05) is 10.5 Å². The van der Waals surface area contributed by atoms with Gasteiger partial charge in [-0.25, -0.2) is 4.98 Å². The van der Waals surface area contributed by atoms with Gasteiger partial charge in [-0.2, -0.15) is 0 Å². The normalized spacial score (nSPS) is 21.8. The molecule has 19 heavy (non-hydrogen) atoms. The number of aromatic nitrogens is 1. The van der Waals surface area contributed by atoms with Crippen molar-refractivity contribution in [3.63, 3.8) is 0 Å². The Labute approximate surface area is 126 Å². The van der Waals surface area contributed by atoms with Crippen LogP contribution in [0.1, 0.15) is 24.3 Å². The summed E-state index contributed by atoms with van der Waals surface area (Å²) < 4.78 is 1.21. The van der Waals surface area contributed by atoms with Crippen LogP contribution in [-0.2, 0) is 0 Å². The number of pyridine rings is 1. The maximum Gasteiger partial charge on any atom is 0.129 e. The highest BCUT2D eigenvalue weighted by atomic mass is 79.9. The molecule has 1 aromatic carbocycles. The highest BCUT2D eigenvalue weighted by Crippen LogP contribution is 2.41. The van der Waals surface area contributed by atoms with Gasteiger partial charge < -0.3 is 5.32 Å². The number of nitrogens with zero attached hydrogens (tertiary/aromatic N) is 1. The Balaban J connectivity index is 1.58. The van der Waals surface area contributed by atoms with Crippen molar-refractivity contribution in [2.75, 3.05) is 5.32 Å². The third-order valence-corrected chi connectivity index (χ3v) is 4.53. The van der Waals surface area contributed by atoms with Crippen molar-refractivity contribution >= 4 is 33.2 Å². The van der Waals surface area contributed by atoms with Crippen molar-refractivity contribution in [3.05, 3.63) is 57.8 Å². The quantitative estimate of drug-likeness (QED) is 0.809. The van der Waals surface area contributed by atoms with Crippen molar-refractivity contribution in [2.45, 2.75) is 24.8 Å². The van der Waals surface area contributed by atoms with Gasteiger partial charge in [0.05, 0.1) is 11.9 Å². The van der Waals surface area contributed by atoms with E-state index in [9.17, 15) is 0 Å². The van der Waals surface area contributed by atoms with Crippen LogP contribution in [0.2, 0.25) is 5.15 Å². The zero-order valence-electron chi connectivity index (χ0n) is 10.3. The molecule has 0 atom stereocenters. The summed E-state index contributed by atoms with van der Waals surface area (Å²) in [6.07, 6.45) is 4.10. The minimum atomic E-state index is 0.528. The zero-order chi connectivity index (χ0) is 13.2. The van der Waals surface area contributed by atoms with E-state index in [1.54, 1.807) is 6.20 Å². The van der Waals surface area contributed by atoms with Crippen LogP contribution in [0.4, 0.5) is 5.69 Å². The molecule has 0 amide bonds. The fourth-order valence-electron chi connectivity index (χ4n) is 2.49. The molecule has 1 aliphatic carbocycles. The van der Waals surface area contributed by atoms with Gasteiger partial charge >= 0.3 is 0 Å². The fraction of sp³-hybridized carbons (Fsp3) is 0.267. The summed E-state index contributed by atoms with van der Waals surface area (Å²) in [7, 11) is 0. The Morgan fingerprint density at radius 2 is 1.95 bits per heavy atom. The summed E-state index contributed by atoms with van der Waals surface area (Å²) in [4.78, 5) is 4.08. The Morgan fingerprint density at radius 1 is 1.16 bits per heavy atom. The Kier molecular flexibility index (Phi) is 3.76. The predicted molar refractivity (Wildman–Crippen MR) is 82.8 cm³/mol. The van der Waals surface area contributed by atoms with E-state index in [-0.39, 0.29) is 0 Å². The van der Waals surface area contributed by atoms with Gasteiger partial charge in [0.15, 0.2) is 0 Å². The number of hydrogen-bond donors (Lipinski definition) is 1. The average Bonchev–Trinajstić information content (AvgIpc) is 2.37. The molecule has 0 aliphatic heterocycles. The van der Waals surface area contributed by atoms with Crippen molar-refractivity contribution in [1.29, 1.82) is 0 Å². The van der Waals surface area contributed by atoms with Gasteiger partial charge in [-0.05, 0) is 42.5 Å². The first kappa shape index (κ1) is 12.9. The molecular formula is C15H14BrClN2. The SMILES string of the molecule is Clc1ccc(NC2CC(c3ccccc3Br)C2)cn1. The van der Waals surface area contributed by atoms with E-state index < -0.39 is 0 Å². The van der Waals surface area contributed by atoms with Crippen LogP contribution < -0.4 is 5.32 Å². The monoisotopic (exact) mass is 336 g/mol. The molecule has 98 valence electrons. The van der Waals surface area contributed by atoms with Gasteiger partial charge in [0.25, 0.3) is 0 Å². The van der Waals surface area contributed by atoms with Crippen molar-refractivity contribution < 1.29 is 0 Å². The molecule has 2 aromatic rings. The van der Waals surface area contributed by atoms with Crippen LogP contribution in [0.3, 0.4) is 0 Å². The molecule has 1 N–H and O–H groups in total. The summed E-state index contributed by atoms with van der Waals surface area (Å²) in [5.41, 5.74) is 2.45. The lowest BCUT2D eigenvalue weighted by Crippen LogP contribution is -2.34. The van der Waals surface area contributed by atoms with Gasteiger partial charge in [0.2, 0.25) is 0 Å². The molecule has 0 bridgehead atoms. The number of halogens is 2. The summed E-state index contributed by atoms with van der Waals surface area (Å²) in [6, 6.07) is 12.8. The second-order valence-corrected chi connectivity index (χ2v) is 6.14. The highest BCUT2D eigenvalue weighted by molar-refractivity contribution is 9.10. The van der Waals surface area contributed by atoms with E-state index in [0.717, 1.165) is 18.5 Å². The van der Waals surface area contributed by atoms with E-state index in [0.29, 0.717) is 17.1 Å². The molecule has 1 saturated carbocycles. The average molecular weight is 338 g/mol. The minimum Gasteiger partial charge on any atom is -0.381 e. The van der Waals surface area contributed by atoms with E-state index >= 15 is 0 Å². The molecule has 0 saturated heterocycles. The van der Waals surface area contributed by atoms with Gasteiger partial charge in [0.1, 0.15) is 5.15 Å². The van der Waals surface area contributed by atoms with Crippen LogP contribution >= 0.6 is 27.5 Å². The highest BCUT2D eigenvalue weighted by Gasteiger charge is 2.31. The number of anilines is 1. The van der Waals surface area contributed by atoms with Crippen LogP contribution in [0, 0.1) is 0 Å². The molecule has 2 nitrogen and oxygen atoms in total. The lowest BCUT2D eigenvalue weighted by molar-refractivity contribution is 0.373. The number of hydrogen-bond acceptors (Lipinski definition) is 2. The van der Waals surface area contributed by atoms with Crippen molar-refractivity contribution in [1.82, 2.24) is 4.98 Å². The molecule has 1 aromatic heterocycles. The van der Waals surface area contributed by atoms with Crippen LogP contribution in [0.5, 0.6) is 0 Å². The lowest BCUT2D eigenvalue weighted by atomic mass is 9.76. The molecule has 0 unspecified atom stereocenters. The van der Waals surface area contributed by atoms with E-state index in [2.05, 4.69) is 50.5 Å². The minimum absolute atomic E-state index is 0.528. The van der Waals surface area contributed by atoms with Crippen molar-refractivity contribution in [2.24, 2.45) is 0 Å². The lowest BCUT2D eigenvalue weighted by Gasteiger charge is -2.37. The molecule has 1 aliphatic rings. The topological polar surface area (TPSA) is 24.9 Å². The van der Waals surface area contributed by atoms with E-state index in [1.807, 2.05) is 12.1 Å². The Hall–Kier alpha value is -1.06. The summed E-state index contributed by atoms with van der Waals surface area (Å²) in [6.45, 7) is 0. The molecule has 0 spiro atoms. The second-order valence-electron chi connectivity index (χ2n) is 4.90. The van der Waals surface area contributed by atoms with E-state index in [1.165, 1.54) is 10.0 Å². The van der Waals surface area contributed by atoms with Crippen LogP contribution in [-0.4, -0.2) is 11.0 Å². The Bertz CT molecular complexity index is 565. The standard InChI is InChI=1S/C15H14BrClN2/c16-14-4-2-1-3-13(14)10-7-12(8-10)19-11-5-6-15(17)18-9-11/h1-6,9-10,12,19H,7-8H2. The largest absolute Gasteiger partial charge is 0.381 e. The van der Waals surface area contributed by atoms with E-state index in [4.69, 9.17) is 11.6 Å². The third kappa shape index (κ3) is 2.93. The molecule has 3 rings (SSSR count). The maximum atomic E-state index is 5.77. The first-order chi connectivity index (χ1) is 9.22. The smallest absolute Gasteiger partial charge is 0.129 e. The number of benzene rings is 1. The summed E-state index contributed by atoms with van der Waals surface area (Å²) >= 11 is 9.39. The zero-order valence-corrected chi connectivity index (χ0v) is 12.7. The summed E-state index contributed by atoms with van der Waals surface area (Å²) in [5.74, 6) is 0.647. The number of nitrogens with one attached hydrogen (secondary N) is 1. The van der Waals surface area contributed by atoms with Crippen LogP contribution in [0.15, 0.2) is 47.1 Å². The first-order valence-electron chi connectivity index (χ1n) is 6.35. The molecular weight excluding hydrogens is 324 g/mol. The van der Waals surface area contributed by atoms with Crippen molar-refractivity contribution in [3.8, 4) is 0 Å². The third-order valence-electron chi connectivity index (χ3n) is 3.58. The Morgan fingerprint density at radius 3 is 2.63 bits per heavy atom. The van der Waals surface area contributed by atoms with Gasteiger partial charge in [-0.1, -0.05) is 45.7 Å². The molecule has 0 radical (unpaired) electrons. The molecule has 1 heterocycles. The maximum absolute atomic E-state index is 5.77. The fourth-order valence-corrected chi connectivity index (χ4v) is 3.21.